The number of hydrogen-bond acceptors (Lipinski definition) is 5. The molecule has 0 saturated carbocycles. The number of carbonyl (C=O) groups excluding carboxylic acids is 1. The van der Waals surface area contributed by atoms with E-state index in [0.717, 1.165) is 22.8 Å². The first-order chi connectivity index (χ1) is 11.2. The van der Waals surface area contributed by atoms with E-state index in [4.69, 9.17) is 11.6 Å². The van der Waals surface area contributed by atoms with Crippen molar-refractivity contribution in [2.75, 3.05) is 7.05 Å². The van der Waals surface area contributed by atoms with E-state index >= 15 is 0 Å². The van der Waals surface area contributed by atoms with Crippen LogP contribution in [-0.2, 0) is 0 Å². The van der Waals surface area contributed by atoms with Crippen molar-refractivity contribution >= 4 is 29.0 Å². The highest BCUT2D eigenvalue weighted by atomic mass is 35.5. The molecule has 0 aliphatic carbocycles. The summed E-state index contributed by atoms with van der Waals surface area (Å²) in [5, 5.41) is 4.38. The Labute approximate surface area is 142 Å². The van der Waals surface area contributed by atoms with Gasteiger partial charge in [0.25, 0.3) is 5.91 Å². The number of aromatic nitrogens is 3. The second-order valence-electron chi connectivity index (χ2n) is 4.91. The highest BCUT2D eigenvalue weighted by Crippen LogP contribution is 2.28. The van der Waals surface area contributed by atoms with Crippen LogP contribution in [0, 0.1) is 0 Å². The lowest BCUT2D eigenvalue weighted by Gasteiger charge is -2.27. The second-order valence-corrected chi connectivity index (χ2v) is 6.13. The van der Waals surface area contributed by atoms with Gasteiger partial charge in [-0.25, -0.2) is 0 Å². The summed E-state index contributed by atoms with van der Waals surface area (Å²) in [6.45, 7) is 0. The largest absolute Gasteiger partial charge is 0.328 e. The molecule has 5 nitrogen and oxygen atoms in total. The molecular weight excluding hydrogens is 332 g/mol. The Morgan fingerprint density at radius 3 is 2.61 bits per heavy atom. The van der Waals surface area contributed by atoms with Gasteiger partial charge in [-0.1, -0.05) is 34.3 Å². The van der Waals surface area contributed by atoms with E-state index < -0.39 is 0 Å². The highest BCUT2D eigenvalue weighted by molar-refractivity contribution is 7.07. The van der Waals surface area contributed by atoms with Gasteiger partial charge in [0.1, 0.15) is 4.88 Å². The van der Waals surface area contributed by atoms with Crippen molar-refractivity contribution in [3.8, 4) is 0 Å². The predicted molar refractivity (Wildman–Crippen MR) is 89.5 cm³/mol. The van der Waals surface area contributed by atoms with Crippen LogP contribution >= 0.6 is 23.1 Å². The molecule has 0 saturated heterocycles. The molecule has 1 atom stereocenters. The molecule has 0 N–H and O–H groups in total. The Hall–Kier alpha value is -2.31. The van der Waals surface area contributed by atoms with Gasteiger partial charge in [0, 0.05) is 18.3 Å². The van der Waals surface area contributed by atoms with E-state index in [9.17, 15) is 4.79 Å². The van der Waals surface area contributed by atoms with Crippen LogP contribution in [0.3, 0.4) is 0 Å². The molecule has 0 bridgehead atoms. The summed E-state index contributed by atoms with van der Waals surface area (Å²) in [5.41, 5.74) is 1.71. The summed E-state index contributed by atoms with van der Waals surface area (Å²) in [5.74, 6) is -0.148. The fraction of sp³-hybridized carbons (Fsp3) is 0.125. The third-order valence-electron chi connectivity index (χ3n) is 3.43. The molecule has 3 rings (SSSR count). The number of carbonyl (C=O) groups is 1. The van der Waals surface area contributed by atoms with Crippen LogP contribution in [0.15, 0.2) is 54.9 Å². The number of pyridine rings is 1. The summed E-state index contributed by atoms with van der Waals surface area (Å²) in [7, 11) is 1.75. The molecule has 0 aliphatic rings. The molecule has 0 fully saturated rings. The van der Waals surface area contributed by atoms with Crippen molar-refractivity contribution in [1.29, 1.82) is 0 Å². The number of benzene rings is 1. The molecule has 23 heavy (non-hydrogen) atoms. The predicted octanol–water partition coefficient (Wildman–Crippen LogP) is 3.45. The smallest absolute Gasteiger partial charge is 0.267 e. The van der Waals surface area contributed by atoms with Gasteiger partial charge < -0.3 is 4.90 Å². The minimum Gasteiger partial charge on any atom is -0.328 e. The molecule has 7 heteroatoms. The minimum atomic E-state index is -0.317. The van der Waals surface area contributed by atoms with Crippen molar-refractivity contribution in [3.63, 3.8) is 0 Å². The molecule has 2 aromatic heterocycles. The Morgan fingerprint density at radius 2 is 2.00 bits per heavy atom. The SMILES string of the molecule is CN(C(=O)c1cnns1)C(c1ccc(Cl)cc1)c1ccccn1. The van der Waals surface area contributed by atoms with E-state index in [1.165, 1.54) is 6.20 Å². The Kier molecular flexibility index (Phi) is 4.64. The average Bonchev–Trinajstić information content (AvgIpc) is 3.11. The van der Waals surface area contributed by atoms with Crippen LogP contribution in [0.5, 0.6) is 0 Å². The van der Waals surface area contributed by atoms with Gasteiger partial charge in [-0.15, -0.1) is 5.10 Å². The average molecular weight is 345 g/mol. The zero-order chi connectivity index (χ0) is 16.2. The first kappa shape index (κ1) is 15.6. The summed E-state index contributed by atoms with van der Waals surface area (Å²) < 4.78 is 3.75. The van der Waals surface area contributed by atoms with E-state index in [-0.39, 0.29) is 11.9 Å². The van der Waals surface area contributed by atoms with Crippen molar-refractivity contribution in [3.05, 3.63) is 76.0 Å². The fourth-order valence-corrected chi connectivity index (χ4v) is 2.95. The zero-order valence-electron chi connectivity index (χ0n) is 12.3. The molecule has 1 amide bonds. The zero-order valence-corrected chi connectivity index (χ0v) is 13.8. The third-order valence-corrected chi connectivity index (χ3v) is 4.34. The molecule has 116 valence electrons. The van der Waals surface area contributed by atoms with Crippen molar-refractivity contribution in [2.45, 2.75) is 6.04 Å². The Morgan fingerprint density at radius 1 is 1.22 bits per heavy atom. The molecule has 0 radical (unpaired) electrons. The van der Waals surface area contributed by atoms with Gasteiger partial charge >= 0.3 is 0 Å². The first-order valence-corrected chi connectivity index (χ1v) is 8.03. The molecule has 2 heterocycles. The number of hydrogen-bond donors (Lipinski definition) is 0. The summed E-state index contributed by atoms with van der Waals surface area (Å²) in [4.78, 5) is 19.2. The topological polar surface area (TPSA) is 59.0 Å². The maximum atomic E-state index is 12.7. The Bertz CT molecular complexity index is 778. The number of rotatable bonds is 4. The Balaban J connectivity index is 2.01. The van der Waals surface area contributed by atoms with Crippen LogP contribution in [0.1, 0.15) is 27.0 Å². The number of amides is 1. The van der Waals surface area contributed by atoms with Crippen LogP contribution in [0.2, 0.25) is 5.02 Å². The number of nitrogens with zero attached hydrogens (tertiary/aromatic N) is 4. The van der Waals surface area contributed by atoms with Gasteiger partial charge in [0.2, 0.25) is 0 Å². The van der Waals surface area contributed by atoms with E-state index in [0.29, 0.717) is 9.90 Å². The van der Waals surface area contributed by atoms with E-state index in [1.807, 2.05) is 30.3 Å². The quantitative estimate of drug-likeness (QED) is 0.727. The van der Waals surface area contributed by atoms with Crippen LogP contribution in [0.25, 0.3) is 0 Å². The van der Waals surface area contributed by atoms with E-state index in [2.05, 4.69) is 14.6 Å². The van der Waals surface area contributed by atoms with E-state index in [1.54, 1.807) is 30.3 Å². The molecule has 0 spiro atoms. The van der Waals surface area contributed by atoms with Gasteiger partial charge in [-0.3, -0.25) is 9.78 Å². The molecular formula is C16H13ClN4OS. The van der Waals surface area contributed by atoms with Crippen LogP contribution in [-0.4, -0.2) is 32.4 Å². The van der Waals surface area contributed by atoms with Gasteiger partial charge in [-0.05, 0) is 41.4 Å². The normalized spacial score (nSPS) is 11.9. The monoisotopic (exact) mass is 344 g/mol. The molecule has 3 aromatic rings. The van der Waals surface area contributed by atoms with Crippen molar-refractivity contribution in [2.24, 2.45) is 0 Å². The number of halogens is 1. The second kappa shape index (κ2) is 6.85. The van der Waals surface area contributed by atoms with Gasteiger partial charge in [0.05, 0.1) is 17.9 Å². The summed E-state index contributed by atoms with van der Waals surface area (Å²) in [6.07, 6.45) is 3.19. The lowest BCUT2D eigenvalue weighted by atomic mass is 10.0. The van der Waals surface area contributed by atoms with Gasteiger partial charge in [0.15, 0.2) is 0 Å². The van der Waals surface area contributed by atoms with Crippen molar-refractivity contribution < 1.29 is 4.79 Å². The molecule has 0 aliphatic heterocycles. The lowest BCUT2D eigenvalue weighted by molar-refractivity contribution is 0.0757. The third kappa shape index (κ3) is 3.38. The lowest BCUT2D eigenvalue weighted by Crippen LogP contribution is -2.32. The molecule has 1 unspecified atom stereocenters. The maximum absolute atomic E-state index is 12.7. The van der Waals surface area contributed by atoms with Crippen LogP contribution in [0.4, 0.5) is 0 Å². The summed E-state index contributed by atoms with van der Waals surface area (Å²) >= 11 is 7.05. The van der Waals surface area contributed by atoms with Crippen LogP contribution < -0.4 is 0 Å². The summed E-state index contributed by atoms with van der Waals surface area (Å²) in [6, 6.07) is 12.7. The fourth-order valence-electron chi connectivity index (χ4n) is 2.33. The van der Waals surface area contributed by atoms with Gasteiger partial charge in [-0.2, -0.15) is 0 Å². The standard InChI is InChI=1S/C16H13ClN4OS/c1-21(16(22)14-10-19-20-23-14)15(13-4-2-3-9-18-13)11-5-7-12(17)8-6-11/h2-10,15H,1H3. The molecule has 1 aromatic carbocycles. The highest BCUT2D eigenvalue weighted by Gasteiger charge is 2.26. The first-order valence-electron chi connectivity index (χ1n) is 6.87. The van der Waals surface area contributed by atoms with Crippen molar-refractivity contribution in [1.82, 2.24) is 19.5 Å². The maximum Gasteiger partial charge on any atom is 0.267 e. The minimum absolute atomic E-state index is 0.148.